The van der Waals surface area contributed by atoms with Gasteiger partial charge in [-0.25, -0.2) is 0 Å². The molecule has 4 saturated heterocycles. The molecule has 4 fully saturated rings. The lowest BCUT2D eigenvalue weighted by Crippen LogP contribution is -2.77. The quantitative estimate of drug-likeness (QED) is 0.670. The third-order valence-electron chi connectivity index (χ3n) is 5.20. The van der Waals surface area contributed by atoms with Gasteiger partial charge in [0, 0.05) is 0 Å². The van der Waals surface area contributed by atoms with Crippen molar-refractivity contribution in [3.63, 3.8) is 0 Å². The van der Waals surface area contributed by atoms with Crippen LogP contribution in [0.15, 0.2) is 0 Å². The third-order valence-corrected chi connectivity index (χ3v) is 5.20. The van der Waals surface area contributed by atoms with Gasteiger partial charge in [0.15, 0.2) is 11.2 Å². The average molecular weight is 346 g/mol. The Morgan fingerprint density at radius 3 is 1.29 bits per heavy atom. The summed E-state index contributed by atoms with van der Waals surface area (Å²) in [5.41, 5.74) is -1.70. The third kappa shape index (κ3) is 2.89. The molecule has 0 aromatic carbocycles. The Morgan fingerprint density at radius 2 is 0.958 bits per heavy atom. The molecule has 4 aliphatic heterocycles. The summed E-state index contributed by atoms with van der Waals surface area (Å²) in [7, 11) is 0. The van der Waals surface area contributed by atoms with E-state index in [9.17, 15) is 0 Å². The highest BCUT2D eigenvalue weighted by Crippen LogP contribution is 2.43. The first-order valence-corrected chi connectivity index (χ1v) is 8.69. The van der Waals surface area contributed by atoms with Crippen molar-refractivity contribution in [3.8, 4) is 0 Å². The van der Waals surface area contributed by atoms with Crippen LogP contribution in [0.3, 0.4) is 0 Å². The van der Waals surface area contributed by atoms with Crippen molar-refractivity contribution in [2.24, 2.45) is 0 Å². The Bertz CT molecular complexity index is 355. The van der Waals surface area contributed by atoms with Crippen molar-refractivity contribution < 1.29 is 37.9 Å². The van der Waals surface area contributed by atoms with Crippen LogP contribution in [-0.2, 0) is 37.9 Å². The Hall–Kier alpha value is -0.320. The molecule has 8 heteroatoms. The zero-order valence-corrected chi connectivity index (χ0v) is 13.9. The van der Waals surface area contributed by atoms with Crippen molar-refractivity contribution in [3.05, 3.63) is 0 Å². The van der Waals surface area contributed by atoms with Gasteiger partial charge in [-0.3, -0.25) is 0 Å². The highest BCUT2D eigenvalue weighted by Gasteiger charge is 2.65. The molecule has 0 radical (unpaired) electrons. The van der Waals surface area contributed by atoms with Gasteiger partial charge >= 0.3 is 0 Å². The van der Waals surface area contributed by atoms with Gasteiger partial charge in [-0.05, 0) is 0 Å². The van der Waals surface area contributed by atoms with Gasteiger partial charge in [0.1, 0.15) is 12.2 Å². The minimum absolute atomic E-state index is 0.307. The number of hydrogen-bond acceptors (Lipinski definition) is 8. The number of hydrogen-bond donors (Lipinski definition) is 0. The van der Waals surface area contributed by atoms with Crippen molar-refractivity contribution in [1.29, 1.82) is 0 Å². The van der Waals surface area contributed by atoms with E-state index >= 15 is 0 Å². The Morgan fingerprint density at radius 1 is 0.500 bits per heavy atom. The summed E-state index contributed by atoms with van der Waals surface area (Å²) in [5, 5.41) is 0. The fourth-order valence-corrected chi connectivity index (χ4v) is 4.02. The van der Waals surface area contributed by atoms with Crippen LogP contribution in [0.1, 0.15) is 0 Å². The van der Waals surface area contributed by atoms with Crippen molar-refractivity contribution in [2.75, 3.05) is 79.3 Å². The van der Waals surface area contributed by atoms with E-state index in [1.54, 1.807) is 0 Å². The first kappa shape index (κ1) is 17.1. The van der Waals surface area contributed by atoms with Crippen LogP contribution in [0.4, 0.5) is 0 Å². The van der Waals surface area contributed by atoms with Gasteiger partial charge in [-0.15, -0.1) is 0 Å². The molecule has 4 atom stereocenters. The zero-order valence-electron chi connectivity index (χ0n) is 13.9. The summed E-state index contributed by atoms with van der Waals surface area (Å²) in [6.45, 7) is 5.82. The Labute approximate surface area is 141 Å². The fraction of sp³-hybridized carbons (Fsp3) is 1.00. The predicted molar refractivity (Wildman–Crippen MR) is 80.1 cm³/mol. The van der Waals surface area contributed by atoms with Crippen molar-refractivity contribution in [2.45, 2.75) is 23.4 Å². The number of ether oxygens (including phenoxy) is 8. The van der Waals surface area contributed by atoms with Crippen molar-refractivity contribution >= 4 is 0 Å². The van der Waals surface area contributed by atoms with Crippen LogP contribution in [0.25, 0.3) is 0 Å². The molecule has 0 aromatic heterocycles. The molecule has 8 nitrogen and oxygen atoms in total. The monoisotopic (exact) mass is 346 g/mol. The van der Waals surface area contributed by atoms with Crippen LogP contribution in [-0.4, -0.2) is 103 Å². The minimum Gasteiger partial charge on any atom is -0.376 e. The van der Waals surface area contributed by atoms with E-state index in [0.29, 0.717) is 79.3 Å². The lowest BCUT2D eigenvalue weighted by molar-refractivity contribution is -0.362. The molecule has 0 amide bonds. The van der Waals surface area contributed by atoms with E-state index in [1.165, 1.54) is 0 Å². The molecule has 0 spiro atoms. The molecule has 0 aliphatic carbocycles. The van der Waals surface area contributed by atoms with Gasteiger partial charge in [0.25, 0.3) is 0 Å². The molecule has 24 heavy (non-hydrogen) atoms. The summed E-state index contributed by atoms with van der Waals surface area (Å²) in [5.74, 6) is 0. The van der Waals surface area contributed by atoms with Crippen LogP contribution in [0.2, 0.25) is 0 Å². The minimum atomic E-state index is -0.850. The lowest BCUT2D eigenvalue weighted by atomic mass is 9.74. The molecule has 0 aromatic rings. The number of rotatable bonds is 3. The van der Waals surface area contributed by atoms with Crippen LogP contribution < -0.4 is 0 Å². The maximum absolute atomic E-state index is 6.33. The Balaban J connectivity index is 1.70. The first-order chi connectivity index (χ1) is 11.9. The highest BCUT2D eigenvalue weighted by atomic mass is 16.7. The second-order valence-electron chi connectivity index (χ2n) is 6.45. The van der Waals surface area contributed by atoms with Gasteiger partial charge in [-0.2, -0.15) is 0 Å². The summed E-state index contributed by atoms with van der Waals surface area (Å²) < 4.78 is 47.7. The van der Waals surface area contributed by atoms with Crippen LogP contribution >= 0.6 is 0 Å². The van der Waals surface area contributed by atoms with E-state index in [-0.39, 0.29) is 12.2 Å². The smallest absolute Gasteiger partial charge is 0.153 e. The second kappa shape index (κ2) is 7.51. The van der Waals surface area contributed by atoms with E-state index < -0.39 is 11.2 Å². The van der Waals surface area contributed by atoms with Crippen molar-refractivity contribution in [1.82, 2.24) is 0 Å². The second-order valence-corrected chi connectivity index (χ2v) is 6.45. The normalized spacial score (nSPS) is 45.0. The van der Waals surface area contributed by atoms with E-state index in [1.807, 2.05) is 0 Å². The van der Waals surface area contributed by atoms with E-state index in [0.717, 1.165) is 0 Å². The molecular formula is C16H26O8. The maximum atomic E-state index is 6.33. The fourth-order valence-electron chi connectivity index (χ4n) is 4.02. The average Bonchev–Trinajstić information content (AvgIpc) is 2.70. The molecule has 0 saturated carbocycles. The molecule has 0 bridgehead atoms. The Kier molecular flexibility index (Phi) is 5.35. The lowest BCUT2D eigenvalue weighted by Gasteiger charge is -2.58. The van der Waals surface area contributed by atoms with Crippen LogP contribution in [0, 0.1) is 0 Å². The molecule has 4 unspecified atom stereocenters. The van der Waals surface area contributed by atoms with Gasteiger partial charge in [0.05, 0.1) is 79.3 Å². The van der Waals surface area contributed by atoms with E-state index in [4.69, 9.17) is 37.9 Å². The summed E-state index contributed by atoms with van der Waals surface area (Å²) in [6.07, 6.45) is -0.613. The highest BCUT2D eigenvalue weighted by molar-refractivity contribution is 5.14. The summed E-state index contributed by atoms with van der Waals surface area (Å²) in [6, 6.07) is 0. The van der Waals surface area contributed by atoms with Crippen LogP contribution in [0.5, 0.6) is 0 Å². The molecule has 138 valence electrons. The summed E-state index contributed by atoms with van der Waals surface area (Å²) in [4.78, 5) is 0. The largest absolute Gasteiger partial charge is 0.376 e. The zero-order chi connectivity index (χ0) is 16.3. The summed E-state index contributed by atoms with van der Waals surface area (Å²) >= 11 is 0. The van der Waals surface area contributed by atoms with E-state index in [2.05, 4.69) is 0 Å². The first-order valence-electron chi connectivity index (χ1n) is 8.69. The molecule has 4 rings (SSSR count). The molecule has 4 heterocycles. The topological polar surface area (TPSA) is 73.8 Å². The molecule has 0 N–H and O–H groups in total. The molecule has 4 aliphatic rings. The van der Waals surface area contributed by atoms with Gasteiger partial charge in [0.2, 0.25) is 0 Å². The SMILES string of the molecule is C1COC(C2(C3(C4COCCO4)COCCO3)COCCO2)CO1. The van der Waals surface area contributed by atoms with Gasteiger partial charge < -0.3 is 37.9 Å². The standard InChI is InChI=1S/C16H26O8/c1-5-21-13(9-17-1)15(11-19-3-7-23-15)16(12-20-4-8-24-16)14-10-18-2-6-22-14/h13-14H,1-12H2. The predicted octanol–water partition coefficient (Wildman–Crippen LogP) is -0.612. The van der Waals surface area contributed by atoms with Gasteiger partial charge in [-0.1, -0.05) is 0 Å². The maximum Gasteiger partial charge on any atom is 0.153 e. The molecular weight excluding hydrogens is 320 g/mol.